The molecule has 1 N–H and O–H groups in total. The van der Waals surface area contributed by atoms with E-state index in [-0.39, 0.29) is 21.8 Å². The molecule has 0 aliphatic heterocycles. The number of rotatable bonds is 4. The number of benzene rings is 1. The van der Waals surface area contributed by atoms with Crippen molar-refractivity contribution in [2.24, 2.45) is 0 Å². The maximum Gasteiger partial charge on any atom is 0.451 e. The minimum atomic E-state index is -3.33. The summed E-state index contributed by atoms with van der Waals surface area (Å²) in [6.07, 6.45) is 1.20. The zero-order valence-electron chi connectivity index (χ0n) is 8.64. The molecule has 0 saturated heterocycles. The summed E-state index contributed by atoms with van der Waals surface area (Å²) in [5.41, 5.74) is 0. The van der Waals surface area contributed by atoms with Crippen LogP contribution in [0.15, 0.2) is 30.5 Å². The molecule has 0 unspecified atom stereocenters. The molecule has 18 heavy (non-hydrogen) atoms. The number of aromatic nitrogens is 1. The minimum absolute atomic E-state index is 0.0254. The normalized spacial score (nSPS) is 11.3. The fraction of sp³-hybridized carbons (Fsp3) is 0.100. The first-order chi connectivity index (χ1) is 8.44. The van der Waals surface area contributed by atoms with Crippen LogP contribution in [0.1, 0.15) is 0 Å². The minimum Gasteiger partial charge on any atom is -0.498 e. The largest absolute Gasteiger partial charge is 0.498 e. The van der Waals surface area contributed by atoms with Gasteiger partial charge in [-0.15, -0.1) is 0 Å². The molecule has 1 heterocycles. The molecule has 2 rings (SSSR count). The van der Waals surface area contributed by atoms with Gasteiger partial charge in [-0.1, -0.05) is 12.1 Å². The van der Waals surface area contributed by atoms with Crippen LogP contribution in [0.5, 0.6) is 21.8 Å². The van der Waals surface area contributed by atoms with E-state index < -0.39 is 4.12 Å². The Morgan fingerprint density at radius 2 is 1.94 bits per heavy atom. The summed E-state index contributed by atoms with van der Waals surface area (Å²) in [6.45, 7) is 0. The number of thiazole rings is 1. The molecule has 0 bridgehead atoms. The number of para-hydroxylation sites is 2. The molecule has 0 spiro atoms. The SMILES string of the molecule is Oc1cnc(Oc2ccccc2OC(F)(F)I)s1. The Morgan fingerprint density at radius 1 is 1.28 bits per heavy atom. The third-order valence-corrected chi connectivity index (χ3v) is 2.64. The number of alkyl halides is 3. The van der Waals surface area contributed by atoms with Crippen LogP contribution >= 0.6 is 33.9 Å². The fourth-order valence-corrected chi connectivity index (χ4v) is 1.89. The third-order valence-electron chi connectivity index (χ3n) is 1.74. The fourth-order valence-electron chi connectivity index (χ4n) is 1.13. The topological polar surface area (TPSA) is 51.6 Å². The lowest BCUT2D eigenvalue weighted by molar-refractivity contribution is -0.0702. The van der Waals surface area contributed by atoms with Crippen molar-refractivity contribution in [2.45, 2.75) is 4.12 Å². The Bertz CT molecular complexity index is 544. The molecule has 0 aliphatic rings. The lowest BCUT2D eigenvalue weighted by atomic mass is 10.3. The number of ether oxygens (including phenoxy) is 2. The molecule has 8 heteroatoms. The molecule has 0 amide bonds. The first-order valence-electron chi connectivity index (χ1n) is 4.61. The zero-order chi connectivity index (χ0) is 13.2. The summed E-state index contributed by atoms with van der Waals surface area (Å²) in [4.78, 5) is 3.75. The molecule has 96 valence electrons. The van der Waals surface area contributed by atoms with Gasteiger partial charge in [-0.3, -0.25) is 0 Å². The summed E-state index contributed by atoms with van der Waals surface area (Å²) in [5, 5.41) is 9.22. The average Bonchev–Trinajstić information content (AvgIpc) is 2.65. The molecule has 0 aliphatic carbocycles. The Kier molecular flexibility index (Phi) is 3.85. The molecule has 0 atom stereocenters. The lowest BCUT2D eigenvalue weighted by Gasteiger charge is -2.13. The van der Waals surface area contributed by atoms with Crippen LogP contribution in [0.2, 0.25) is 0 Å². The summed E-state index contributed by atoms with van der Waals surface area (Å²) in [5.74, 6) is -0.00483. The van der Waals surface area contributed by atoms with E-state index in [9.17, 15) is 8.78 Å². The Balaban J connectivity index is 2.22. The van der Waals surface area contributed by atoms with E-state index in [1.165, 1.54) is 18.3 Å². The van der Waals surface area contributed by atoms with Crippen molar-refractivity contribution in [3.63, 3.8) is 0 Å². The van der Waals surface area contributed by atoms with E-state index in [1.807, 2.05) is 0 Å². The van der Waals surface area contributed by atoms with Gasteiger partial charge in [0.2, 0.25) is 0 Å². The number of halogens is 3. The molecule has 1 aromatic heterocycles. The van der Waals surface area contributed by atoms with Crippen molar-refractivity contribution in [1.29, 1.82) is 0 Å². The lowest BCUT2D eigenvalue weighted by Crippen LogP contribution is -2.15. The van der Waals surface area contributed by atoms with E-state index in [0.29, 0.717) is 0 Å². The standard InChI is InChI=1S/C10H6F2INO3S/c11-10(12,13)17-7-4-2-1-3-6(7)16-9-14-5-8(15)18-9/h1-5,15H. The van der Waals surface area contributed by atoms with E-state index in [0.717, 1.165) is 33.9 Å². The monoisotopic (exact) mass is 385 g/mol. The molecule has 1 aromatic carbocycles. The van der Waals surface area contributed by atoms with Gasteiger partial charge in [0.15, 0.2) is 16.6 Å². The summed E-state index contributed by atoms with van der Waals surface area (Å²) in [7, 11) is 0. The second-order valence-electron chi connectivity index (χ2n) is 3.06. The van der Waals surface area contributed by atoms with Gasteiger partial charge in [-0.05, 0) is 23.5 Å². The van der Waals surface area contributed by atoms with Gasteiger partial charge in [-0.25, -0.2) is 4.98 Å². The number of nitrogens with zero attached hydrogens (tertiary/aromatic N) is 1. The van der Waals surface area contributed by atoms with Crippen molar-refractivity contribution in [3.05, 3.63) is 30.5 Å². The molecule has 0 fully saturated rings. The molecule has 2 aromatic rings. The summed E-state index contributed by atoms with van der Waals surface area (Å²) < 4.78 is 32.0. The van der Waals surface area contributed by atoms with Crippen molar-refractivity contribution in [1.82, 2.24) is 4.98 Å². The van der Waals surface area contributed by atoms with Crippen LogP contribution in [0, 0.1) is 0 Å². The van der Waals surface area contributed by atoms with Gasteiger partial charge in [0.1, 0.15) is 0 Å². The highest BCUT2D eigenvalue weighted by molar-refractivity contribution is 14.1. The smallest absolute Gasteiger partial charge is 0.451 e. The van der Waals surface area contributed by atoms with Gasteiger partial charge >= 0.3 is 4.12 Å². The first kappa shape index (κ1) is 13.3. The maximum atomic E-state index is 12.8. The zero-order valence-corrected chi connectivity index (χ0v) is 11.6. The Hall–Kier alpha value is -1.16. The van der Waals surface area contributed by atoms with Gasteiger partial charge in [0.05, 0.1) is 28.8 Å². The maximum absolute atomic E-state index is 12.8. The Labute approximate surface area is 118 Å². The number of aromatic hydroxyl groups is 1. The highest BCUT2D eigenvalue weighted by Crippen LogP contribution is 2.38. The Morgan fingerprint density at radius 3 is 2.50 bits per heavy atom. The van der Waals surface area contributed by atoms with Crippen molar-refractivity contribution < 1.29 is 23.4 Å². The molecule has 0 saturated carbocycles. The van der Waals surface area contributed by atoms with Crippen LogP contribution < -0.4 is 9.47 Å². The number of hydrogen-bond donors (Lipinski definition) is 1. The van der Waals surface area contributed by atoms with Gasteiger partial charge in [0, 0.05) is 0 Å². The van der Waals surface area contributed by atoms with Gasteiger partial charge in [-0.2, -0.15) is 8.78 Å². The van der Waals surface area contributed by atoms with Crippen LogP contribution in [0.25, 0.3) is 0 Å². The van der Waals surface area contributed by atoms with E-state index in [2.05, 4.69) is 9.72 Å². The molecular formula is C10H6F2INO3S. The van der Waals surface area contributed by atoms with E-state index in [4.69, 9.17) is 9.84 Å². The average molecular weight is 385 g/mol. The van der Waals surface area contributed by atoms with Crippen LogP contribution in [-0.4, -0.2) is 14.2 Å². The van der Waals surface area contributed by atoms with Crippen molar-refractivity contribution in [3.8, 4) is 21.8 Å². The summed E-state index contributed by atoms with van der Waals surface area (Å²) in [6, 6.07) is 5.98. The second-order valence-corrected chi connectivity index (χ2v) is 5.29. The predicted molar refractivity (Wildman–Crippen MR) is 69.9 cm³/mol. The number of hydrogen-bond acceptors (Lipinski definition) is 5. The molecular weight excluding hydrogens is 379 g/mol. The molecule has 0 radical (unpaired) electrons. The second kappa shape index (κ2) is 5.22. The highest BCUT2D eigenvalue weighted by atomic mass is 127. The van der Waals surface area contributed by atoms with E-state index >= 15 is 0 Å². The van der Waals surface area contributed by atoms with Crippen LogP contribution in [-0.2, 0) is 0 Å². The summed E-state index contributed by atoms with van der Waals surface area (Å²) >= 11 is 1.75. The van der Waals surface area contributed by atoms with Crippen molar-refractivity contribution in [2.75, 3.05) is 0 Å². The van der Waals surface area contributed by atoms with Gasteiger partial charge in [0.25, 0.3) is 5.19 Å². The van der Waals surface area contributed by atoms with Crippen molar-refractivity contribution >= 4 is 33.9 Å². The predicted octanol–water partition coefficient (Wildman–Crippen LogP) is 4.01. The quantitative estimate of drug-likeness (QED) is 0.639. The van der Waals surface area contributed by atoms with Gasteiger partial charge < -0.3 is 14.6 Å². The third kappa shape index (κ3) is 3.67. The van der Waals surface area contributed by atoms with E-state index in [1.54, 1.807) is 12.1 Å². The highest BCUT2D eigenvalue weighted by Gasteiger charge is 2.28. The molecule has 4 nitrogen and oxygen atoms in total. The first-order valence-corrected chi connectivity index (χ1v) is 6.51. The van der Waals surface area contributed by atoms with Crippen LogP contribution in [0.3, 0.4) is 0 Å². The van der Waals surface area contributed by atoms with Crippen LogP contribution in [0.4, 0.5) is 8.78 Å².